The van der Waals surface area contributed by atoms with Gasteiger partial charge in [-0.25, -0.2) is 4.98 Å². The number of hydrogen-bond donors (Lipinski definition) is 0. The number of rotatable bonds is 4. The van der Waals surface area contributed by atoms with Crippen LogP contribution in [-0.2, 0) is 0 Å². The quantitative estimate of drug-likeness (QED) is 0.176. The van der Waals surface area contributed by atoms with E-state index in [1.54, 1.807) is 0 Å². The third kappa shape index (κ3) is 5.37. The highest BCUT2D eigenvalue weighted by Gasteiger charge is 2.24. The Balaban J connectivity index is 0.00000204. The van der Waals surface area contributed by atoms with Gasteiger partial charge < -0.3 is 13.3 Å². The smallest absolute Gasteiger partial charge is 0.238 e. The Morgan fingerprint density at radius 2 is 0.844 bits per heavy atom. The zero-order valence-corrected chi connectivity index (χ0v) is 34.8. The molecule has 9 aromatic carbocycles. The second-order valence-electron chi connectivity index (χ2n) is 15.9. The molecule has 0 spiro atoms. The lowest BCUT2D eigenvalue weighted by Gasteiger charge is -2.13. The van der Waals surface area contributed by atoms with Crippen molar-refractivity contribution in [1.82, 2.24) is 19.5 Å². The maximum absolute atomic E-state index is 6.67. The highest BCUT2D eigenvalue weighted by Crippen LogP contribution is 2.43. The molecule has 0 fully saturated rings. The molecule has 5 aromatic heterocycles. The normalized spacial score (nSPS) is 11.9. The number of benzene rings is 9. The van der Waals surface area contributed by atoms with E-state index in [0.29, 0.717) is 17.6 Å². The van der Waals surface area contributed by atoms with Crippen molar-refractivity contribution in [2.75, 3.05) is 0 Å². The van der Waals surface area contributed by atoms with E-state index in [1.165, 1.54) is 0 Å². The first-order valence-corrected chi connectivity index (χ1v) is 21.7. The Bertz CT molecular complexity index is 4060. The Hall–Kier alpha value is -8.55. The highest BCUT2D eigenvalue weighted by molar-refractivity contribution is 6.19. The third-order valence-electron chi connectivity index (χ3n) is 12.4. The van der Waals surface area contributed by atoms with Crippen molar-refractivity contribution in [3.63, 3.8) is 0 Å². The van der Waals surface area contributed by atoms with Gasteiger partial charge in [-0.3, -0.25) is 4.57 Å². The molecular formula is C57H36N4O3. The molecule has 0 bridgehead atoms. The maximum atomic E-state index is 6.67. The monoisotopic (exact) mass is 824 g/mol. The predicted molar refractivity (Wildman–Crippen MR) is 261 cm³/mol. The molecule has 0 amide bonds. The first-order valence-electron chi connectivity index (χ1n) is 21.7. The Labute approximate surface area is 365 Å². The van der Waals surface area contributed by atoms with Crippen LogP contribution >= 0.6 is 0 Å². The molecule has 0 atom stereocenters. The number of fused-ring (bicyclic) bond motifs is 13. The summed E-state index contributed by atoms with van der Waals surface area (Å²) < 4.78 is 21.7. The van der Waals surface area contributed by atoms with Gasteiger partial charge in [0, 0.05) is 65.3 Å². The summed E-state index contributed by atoms with van der Waals surface area (Å²) in [6.07, 6.45) is 0. The molecule has 64 heavy (non-hydrogen) atoms. The SMILES string of the molecule is CC.c1ccc2cc3c(cc2c1)c1cccc(-c2cccc4c2oc2ccccc24)c1n3-c1nc(-c2ccc3c(c2)oc2ccccc23)nc(-c2ccc3c(c2)oc2ccccc23)n1. The van der Waals surface area contributed by atoms with E-state index in [9.17, 15) is 0 Å². The summed E-state index contributed by atoms with van der Waals surface area (Å²) in [7, 11) is 0. The highest BCUT2D eigenvalue weighted by atomic mass is 16.3. The molecule has 0 saturated heterocycles. The fourth-order valence-corrected chi connectivity index (χ4v) is 9.59. The zero-order valence-electron chi connectivity index (χ0n) is 34.8. The van der Waals surface area contributed by atoms with Gasteiger partial charge >= 0.3 is 0 Å². The standard InChI is InChI=1S/C55H30N4O3.C2H6/c1-2-12-32-28-45-44(27-31(32)11-1)41-17-9-16-40(43-19-10-18-42-37-15-5-8-22-48(37)62-52(42)43)51(41)59(45)55-57-53(33-23-25-38-35-13-3-6-20-46(35)60-49(38)29-33)56-54(58-55)34-24-26-39-36-14-4-7-21-47(36)61-50(39)30-34;1-2/h1-30H;1-2H3. The molecular weight excluding hydrogens is 789 g/mol. The van der Waals surface area contributed by atoms with E-state index >= 15 is 0 Å². The number of para-hydroxylation sites is 5. The first-order chi connectivity index (χ1) is 31.7. The van der Waals surface area contributed by atoms with Crippen molar-refractivity contribution < 1.29 is 13.3 Å². The topological polar surface area (TPSA) is 83.0 Å². The van der Waals surface area contributed by atoms with Gasteiger partial charge in [0.1, 0.15) is 33.5 Å². The lowest BCUT2D eigenvalue weighted by atomic mass is 9.99. The number of nitrogens with zero attached hydrogens (tertiary/aromatic N) is 4. The summed E-state index contributed by atoms with van der Waals surface area (Å²) in [5, 5.41) is 10.8. The number of aromatic nitrogens is 4. The minimum absolute atomic E-state index is 0.485. The number of furan rings is 3. The van der Waals surface area contributed by atoms with Crippen LogP contribution in [0.2, 0.25) is 0 Å². The van der Waals surface area contributed by atoms with Gasteiger partial charge in [-0.2, -0.15) is 9.97 Å². The van der Waals surface area contributed by atoms with Gasteiger partial charge in [0.15, 0.2) is 11.6 Å². The molecule has 0 saturated carbocycles. The molecule has 0 aliphatic carbocycles. The van der Waals surface area contributed by atoms with Gasteiger partial charge in [-0.1, -0.05) is 141 Å². The van der Waals surface area contributed by atoms with Crippen molar-refractivity contribution in [2.45, 2.75) is 13.8 Å². The molecule has 14 aromatic rings. The van der Waals surface area contributed by atoms with Gasteiger partial charge in [-0.05, 0) is 65.4 Å². The van der Waals surface area contributed by atoms with E-state index in [4.69, 9.17) is 28.2 Å². The summed E-state index contributed by atoms with van der Waals surface area (Å²) >= 11 is 0. The van der Waals surface area contributed by atoms with Crippen molar-refractivity contribution in [1.29, 1.82) is 0 Å². The van der Waals surface area contributed by atoms with E-state index in [-0.39, 0.29) is 0 Å². The average Bonchev–Trinajstić information content (AvgIpc) is 4.12. The Morgan fingerprint density at radius 3 is 1.47 bits per heavy atom. The first kappa shape index (κ1) is 36.1. The van der Waals surface area contributed by atoms with Crippen LogP contribution in [0.25, 0.3) is 138 Å². The van der Waals surface area contributed by atoms with E-state index in [0.717, 1.165) is 121 Å². The van der Waals surface area contributed by atoms with Gasteiger partial charge in [0.05, 0.1) is 11.0 Å². The summed E-state index contributed by atoms with van der Waals surface area (Å²) in [6, 6.07) is 62.8. The molecule has 5 heterocycles. The van der Waals surface area contributed by atoms with Gasteiger partial charge in [-0.15, -0.1) is 0 Å². The van der Waals surface area contributed by atoms with Crippen LogP contribution in [0.5, 0.6) is 0 Å². The lowest BCUT2D eigenvalue weighted by molar-refractivity contribution is 0.668. The number of hydrogen-bond acceptors (Lipinski definition) is 6. The van der Waals surface area contributed by atoms with Crippen molar-refractivity contribution in [2.24, 2.45) is 0 Å². The summed E-state index contributed by atoms with van der Waals surface area (Å²) in [6.45, 7) is 4.00. The van der Waals surface area contributed by atoms with Gasteiger partial charge in [0.2, 0.25) is 5.95 Å². The third-order valence-corrected chi connectivity index (χ3v) is 12.4. The van der Waals surface area contributed by atoms with Crippen LogP contribution in [0.15, 0.2) is 195 Å². The second-order valence-corrected chi connectivity index (χ2v) is 15.9. The van der Waals surface area contributed by atoms with Crippen LogP contribution in [0, 0.1) is 0 Å². The maximum Gasteiger partial charge on any atom is 0.238 e. The van der Waals surface area contributed by atoms with Crippen LogP contribution in [0.4, 0.5) is 0 Å². The van der Waals surface area contributed by atoms with E-state index < -0.39 is 0 Å². The summed E-state index contributed by atoms with van der Waals surface area (Å²) in [5.74, 6) is 1.52. The van der Waals surface area contributed by atoms with Crippen LogP contribution in [-0.4, -0.2) is 19.5 Å². The molecule has 14 rings (SSSR count). The van der Waals surface area contributed by atoms with Crippen molar-refractivity contribution in [3.05, 3.63) is 182 Å². The fraction of sp³-hybridized carbons (Fsp3) is 0.0351. The minimum Gasteiger partial charge on any atom is -0.456 e. The molecule has 0 unspecified atom stereocenters. The Kier molecular flexibility index (Phi) is 7.90. The van der Waals surface area contributed by atoms with Gasteiger partial charge in [0.25, 0.3) is 0 Å². The molecule has 0 N–H and O–H groups in total. The largest absolute Gasteiger partial charge is 0.456 e. The zero-order chi connectivity index (χ0) is 42.5. The van der Waals surface area contributed by atoms with Crippen molar-refractivity contribution in [3.8, 4) is 39.9 Å². The average molecular weight is 825 g/mol. The molecule has 7 nitrogen and oxygen atoms in total. The molecule has 0 aliphatic rings. The Morgan fingerprint density at radius 1 is 0.359 bits per heavy atom. The molecule has 302 valence electrons. The van der Waals surface area contributed by atoms with E-state index in [2.05, 4.69) is 126 Å². The molecule has 0 radical (unpaired) electrons. The molecule has 0 aliphatic heterocycles. The second kappa shape index (κ2) is 14.0. The molecule has 7 heteroatoms. The lowest BCUT2D eigenvalue weighted by Crippen LogP contribution is -2.07. The minimum atomic E-state index is 0.485. The summed E-state index contributed by atoms with van der Waals surface area (Å²) in [5.41, 5.74) is 10.4. The van der Waals surface area contributed by atoms with Crippen LogP contribution in [0.1, 0.15) is 13.8 Å². The fourth-order valence-electron chi connectivity index (χ4n) is 9.59. The van der Waals surface area contributed by atoms with Crippen LogP contribution in [0.3, 0.4) is 0 Å². The van der Waals surface area contributed by atoms with E-state index in [1.807, 2.05) is 74.5 Å². The van der Waals surface area contributed by atoms with Crippen LogP contribution < -0.4 is 0 Å². The van der Waals surface area contributed by atoms with Crippen molar-refractivity contribution >= 4 is 98.4 Å². The predicted octanol–water partition coefficient (Wildman–Crippen LogP) is 15.8. The summed E-state index contributed by atoms with van der Waals surface area (Å²) in [4.78, 5) is 16.0.